The maximum atomic E-state index is 13.3. The summed E-state index contributed by atoms with van der Waals surface area (Å²) in [5.41, 5.74) is 1.12. The van der Waals surface area contributed by atoms with Crippen LogP contribution >= 0.6 is 0 Å². The fraction of sp³-hybridized carbons (Fsp3) is 0.625. The molecule has 1 aromatic rings. The van der Waals surface area contributed by atoms with E-state index in [1.165, 1.54) is 6.07 Å². The van der Waals surface area contributed by atoms with Gasteiger partial charge in [-0.05, 0) is 49.4 Å². The minimum Gasteiger partial charge on any atom is -0.313 e. The zero-order chi connectivity index (χ0) is 13.4. The second-order valence-electron chi connectivity index (χ2n) is 4.92. The second kappa shape index (κ2) is 8.25. The Morgan fingerprint density at radius 2 is 1.94 bits per heavy atom. The predicted molar refractivity (Wildman–Crippen MR) is 76.4 cm³/mol. The average Bonchev–Trinajstić information content (AvgIpc) is 2.37. The quantitative estimate of drug-likeness (QED) is 0.718. The summed E-state index contributed by atoms with van der Waals surface area (Å²) >= 11 is 0. The lowest BCUT2D eigenvalue weighted by atomic mass is 9.86. The van der Waals surface area contributed by atoms with E-state index in [9.17, 15) is 4.39 Å². The Kier molecular flexibility index (Phi) is 6.96. The number of hydrogen-bond acceptors (Lipinski definition) is 1. The van der Waals surface area contributed by atoms with Gasteiger partial charge in [0.1, 0.15) is 5.82 Å². The number of nitrogens with one attached hydrogen (secondary N) is 1. The summed E-state index contributed by atoms with van der Waals surface area (Å²) in [5.74, 6) is 0.281. The van der Waals surface area contributed by atoms with Crippen molar-refractivity contribution in [2.24, 2.45) is 0 Å². The summed E-state index contributed by atoms with van der Waals surface area (Å²) in [5, 5.41) is 3.62. The molecule has 0 aliphatic carbocycles. The summed E-state index contributed by atoms with van der Waals surface area (Å²) in [6.07, 6.45) is 4.49. The van der Waals surface area contributed by atoms with Crippen molar-refractivity contribution < 1.29 is 4.39 Å². The van der Waals surface area contributed by atoms with Crippen LogP contribution in [0.4, 0.5) is 4.39 Å². The SMILES string of the molecule is CCCNC(CCC)C(CC)c1cccc(F)c1. The number of rotatable bonds is 8. The molecule has 1 aromatic carbocycles. The molecule has 1 nitrogen and oxygen atoms in total. The van der Waals surface area contributed by atoms with Gasteiger partial charge in [0.05, 0.1) is 0 Å². The van der Waals surface area contributed by atoms with E-state index in [1.807, 2.05) is 12.1 Å². The Balaban J connectivity index is 2.83. The van der Waals surface area contributed by atoms with E-state index in [0.29, 0.717) is 12.0 Å². The fourth-order valence-corrected chi connectivity index (χ4v) is 2.58. The first-order chi connectivity index (χ1) is 8.72. The van der Waals surface area contributed by atoms with Crippen molar-refractivity contribution in [3.8, 4) is 0 Å². The molecule has 0 fully saturated rings. The summed E-state index contributed by atoms with van der Waals surface area (Å²) in [6.45, 7) is 7.61. The molecule has 0 bridgehead atoms. The predicted octanol–water partition coefficient (Wildman–Crippen LogP) is 4.49. The van der Waals surface area contributed by atoms with Gasteiger partial charge >= 0.3 is 0 Å². The van der Waals surface area contributed by atoms with Crippen molar-refractivity contribution in [1.29, 1.82) is 0 Å². The molecule has 1 N–H and O–H groups in total. The first kappa shape index (κ1) is 15.2. The van der Waals surface area contributed by atoms with Crippen LogP contribution in [0.3, 0.4) is 0 Å². The van der Waals surface area contributed by atoms with Gasteiger partial charge in [-0.2, -0.15) is 0 Å². The molecule has 2 unspecified atom stereocenters. The molecular formula is C16H26FN. The molecule has 0 amide bonds. The van der Waals surface area contributed by atoms with E-state index in [4.69, 9.17) is 0 Å². The van der Waals surface area contributed by atoms with E-state index < -0.39 is 0 Å². The third-order valence-corrected chi connectivity index (χ3v) is 3.46. The highest BCUT2D eigenvalue weighted by Crippen LogP contribution is 2.26. The first-order valence-corrected chi connectivity index (χ1v) is 7.21. The van der Waals surface area contributed by atoms with Crippen LogP contribution in [0.1, 0.15) is 57.9 Å². The molecule has 1 rings (SSSR count). The molecule has 0 heterocycles. The van der Waals surface area contributed by atoms with Crippen LogP contribution in [0.15, 0.2) is 24.3 Å². The van der Waals surface area contributed by atoms with Crippen LogP contribution in [-0.4, -0.2) is 12.6 Å². The molecule has 2 heteroatoms. The third-order valence-electron chi connectivity index (χ3n) is 3.46. The number of halogens is 1. The van der Waals surface area contributed by atoms with Crippen LogP contribution < -0.4 is 5.32 Å². The average molecular weight is 251 g/mol. The molecule has 0 aromatic heterocycles. The highest BCUT2D eigenvalue weighted by atomic mass is 19.1. The van der Waals surface area contributed by atoms with Gasteiger partial charge in [-0.1, -0.05) is 39.3 Å². The molecule has 0 radical (unpaired) electrons. The van der Waals surface area contributed by atoms with Crippen LogP contribution in [-0.2, 0) is 0 Å². The Bertz CT molecular complexity index is 338. The standard InChI is InChI=1S/C16H26FN/c1-4-8-16(18-11-5-2)15(6-3)13-9-7-10-14(17)12-13/h7,9-10,12,15-16,18H,4-6,8,11H2,1-3H3. The van der Waals surface area contributed by atoms with Crippen molar-refractivity contribution in [2.45, 2.75) is 58.4 Å². The largest absolute Gasteiger partial charge is 0.313 e. The lowest BCUT2D eigenvalue weighted by Crippen LogP contribution is -2.35. The van der Waals surface area contributed by atoms with Crippen molar-refractivity contribution in [3.63, 3.8) is 0 Å². The van der Waals surface area contributed by atoms with Crippen molar-refractivity contribution in [1.82, 2.24) is 5.32 Å². The minimum absolute atomic E-state index is 0.128. The molecule has 102 valence electrons. The van der Waals surface area contributed by atoms with Gasteiger partial charge in [0.25, 0.3) is 0 Å². The van der Waals surface area contributed by atoms with E-state index in [1.54, 1.807) is 6.07 Å². The summed E-state index contributed by atoms with van der Waals surface area (Å²) in [7, 11) is 0. The molecule has 0 saturated heterocycles. The Hall–Kier alpha value is -0.890. The smallest absolute Gasteiger partial charge is 0.123 e. The number of hydrogen-bond donors (Lipinski definition) is 1. The van der Waals surface area contributed by atoms with E-state index >= 15 is 0 Å². The normalized spacial score (nSPS) is 14.4. The van der Waals surface area contributed by atoms with Crippen LogP contribution in [0.25, 0.3) is 0 Å². The van der Waals surface area contributed by atoms with Crippen molar-refractivity contribution in [3.05, 3.63) is 35.6 Å². The fourth-order valence-electron chi connectivity index (χ4n) is 2.58. The molecular weight excluding hydrogens is 225 g/mol. The summed E-state index contributed by atoms with van der Waals surface area (Å²) in [6, 6.07) is 7.53. The molecule has 0 spiro atoms. The van der Waals surface area contributed by atoms with Crippen molar-refractivity contribution >= 4 is 0 Å². The van der Waals surface area contributed by atoms with Gasteiger partial charge in [-0.25, -0.2) is 4.39 Å². The molecule has 0 aliphatic heterocycles. The minimum atomic E-state index is -0.128. The Morgan fingerprint density at radius 3 is 2.50 bits per heavy atom. The van der Waals surface area contributed by atoms with Gasteiger partial charge in [0.2, 0.25) is 0 Å². The Labute approximate surface area is 111 Å². The lowest BCUT2D eigenvalue weighted by Gasteiger charge is -2.27. The molecule has 18 heavy (non-hydrogen) atoms. The Morgan fingerprint density at radius 1 is 1.17 bits per heavy atom. The topological polar surface area (TPSA) is 12.0 Å². The van der Waals surface area contributed by atoms with Crippen molar-refractivity contribution in [2.75, 3.05) is 6.54 Å². The molecule has 0 aliphatic rings. The maximum absolute atomic E-state index is 13.3. The van der Waals surface area contributed by atoms with Crippen LogP contribution in [0, 0.1) is 5.82 Å². The zero-order valence-corrected chi connectivity index (χ0v) is 11.9. The van der Waals surface area contributed by atoms with E-state index in [2.05, 4.69) is 26.1 Å². The molecule has 2 atom stereocenters. The second-order valence-corrected chi connectivity index (χ2v) is 4.92. The van der Waals surface area contributed by atoms with Gasteiger partial charge in [-0.15, -0.1) is 0 Å². The number of benzene rings is 1. The van der Waals surface area contributed by atoms with Gasteiger partial charge in [0, 0.05) is 6.04 Å². The van der Waals surface area contributed by atoms with E-state index in [0.717, 1.165) is 37.8 Å². The maximum Gasteiger partial charge on any atom is 0.123 e. The first-order valence-electron chi connectivity index (χ1n) is 7.21. The third kappa shape index (κ3) is 4.41. The summed E-state index contributed by atoms with van der Waals surface area (Å²) in [4.78, 5) is 0. The van der Waals surface area contributed by atoms with Gasteiger partial charge in [0.15, 0.2) is 0 Å². The zero-order valence-electron chi connectivity index (χ0n) is 11.9. The van der Waals surface area contributed by atoms with Crippen LogP contribution in [0.2, 0.25) is 0 Å². The highest BCUT2D eigenvalue weighted by molar-refractivity contribution is 5.22. The van der Waals surface area contributed by atoms with Gasteiger partial charge in [-0.3, -0.25) is 0 Å². The highest BCUT2D eigenvalue weighted by Gasteiger charge is 2.20. The lowest BCUT2D eigenvalue weighted by molar-refractivity contribution is 0.395. The monoisotopic (exact) mass is 251 g/mol. The van der Waals surface area contributed by atoms with Gasteiger partial charge < -0.3 is 5.32 Å². The van der Waals surface area contributed by atoms with Crippen LogP contribution in [0.5, 0.6) is 0 Å². The van der Waals surface area contributed by atoms with E-state index in [-0.39, 0.29) is 5.82 Å². The summed E-state index contributed by atoms with van der Waals surface area (Å²) < 4.78 is 13.3. The molecule has 0 saturated carbocycles.